The van der Waals surface area contributed by atoms with E-state index >= 15 is 0 Å². The highest BCUT2D eigenvalue weighted by Gasteiger charge is 2.65. The molecule has 0 radical (unpaired) electrons. The summed E-state index contributed by atoms with van der Waals surface area (Å²) in [6.45, 7) is 7.11. The third-order valence-corrected chi connectivity index (χ3v) is 8.40. The van der Waals surface area contributed by atoms with Crippen LogP contribution in [-0.4, -0.2) is 39.4 Å². The Hall–Kier alpha value is -2.00. The van der Waals surface area contributed by atoms with Crippen molar-refractivity contribution in [3.05, 3.63) is 55.6 Å². The number of halogens is 5. The summed E-state index contributed by atoms with van der Waals surface area (Å²) in [6, 6.07) is 9.04. The van der Waals surface area contributed by atoms with E-state index in [4.69, 9.17) is 0 Å². The lowest BCUT2D eigenvalue weighted by atomic mass is 10.2. The Morgan fingerprint density at radius 2 is 1.68 bits per heavy atom. The molecule has 1 unspecified atom stereocenters. The van der Waals surface area contributed by atoms with Crippen LogP contribution in [0.4, 0.5) is 27.6 Å². The number of hydrogen-bond donors (Lipinski definition) is 0. The van der Waals surface area contributed by atoms with Crippen molar-refractivity contribution in [2.24, 2.45) is 0 Å². The van der Waals surface area contributed by atoms with Crippen LogP contribution in [0.2, 0.25) is 24.7 Å². The molecule has 1 atom stereocenters. The van der Waals surface area contributed by atoms with E-state index in [2.05, 4.69) is 17.9 Å². The summed E-state index contributed by atoms with van der Waals surface area (Å²) >= 11 is 0. The van der Waals surface area contributed by atoms with Crippen LogP contribution in [0, 0.1) is 0 Å². The summed E-state index contributed by atoms with van der Waals surface area (Å²) in [7, 11) is -2.06. The first-order valence-electron chi connectivity index (χ1n) is 8.59. The molecule has 0 aliphatic rings. The van der Waals surface area contributed by atoms with Crippen molar-refractivity contribution >= 4 is 19.7 Å². The lowest BCUT2D eigenvalue weighted by molar-refractivity contribution is -0.321. The molecule has 0 fully saturated rings. The Morgan fingerprint density at radius 3 is 2.11 bits per heavy atom. The minimum absolute atomic E-state index is 0.0646. The monoisotopic (exact) mass is 421 g/mol. The van der Waals surface area contributed by atoms with Gasteiger partial charge >= 0.3 is 17.9 Å². The van der Waals surface area contributed by atoms with Crippen LogP contribution in [0.3, 0.4) is 0 Å². The van der Waals surface area contributed by atoms with Gasteiger partial charge in [-0.15, -0.1) is 13.2 Å². The average molecular weight is 421 g/mol. The molecule has 0 aliphatic carbocycles. The molecular formula is C19H24F5NO2Si. The average Bonchev–Trinajstić information content (AvgIpc) is 2.62. The number of ether oxygens (including phenoxy) is 1. The van der Waals surface area contributed by atoms with E-state index in [0.717, 1.165) is 0 Å². The Labute approximate surface area is 162 Å². The molecule has 0 bridgehead atoms. The van der Waals surface area contributed by atoms with Crippen LogP contribution in [-0.2, 0) is 9.53 Å². The fourth-order valence-electron chi connectivity index (χ4n) is 2.84. The molecule has 0 spiro atoms. The van der Waals surface area contributed by atoms with Gasteiger partial charge in [-0.05, 0) is 30.3 Å². The molecule has 0 aliphatic heterocycles. The number of benzene rings is 1. The van der Waals surface area contributed by atoms with Gasteiger partial charge in [0.1, 0.15) is 0 Å². The van der Waals surface area contributed by atoms with Crippen LogP contribution < -0.4 is 4.90 Å². The van der Waals surface area contributed by atoms with Crippen molar-refractivity contribution in [3.63, 3.8) is 0 Å². The topological polar surface area (TPSA) is 29.5 Å². The molecule has 0 N–H and O–H groups in total. The Morgan fingerprint density at radius 1 is 1.14 bits per heavy atom. The first kappa shape index (κ1) is 24.0. The van der Waals surface area contributed by atoms with Gasteiger partial charge in [0, 0.05) is 12.2 Å². The zero-order valence-electron chi connectivity index (χ0n) is 15.6. The summed E-state index contributed by atoms with van der Waals surface area (Å²) in [4.78, 5) is 13.2. The van der Waals surface area contributed by atoms with Gasteiger partial charge in [-0.3, -0.25) is 9.53 Å². The van der Waals surface area contributed by atoms with E-state index in [1.807, 2.05) is 6.55 Å². The van der Waals surface area contributed by atoms with E-state index in [1.165, 1.54) is 24.3 Å². The molecule has 0 heterocycles. The molecule has 0 aromatic heterocycles. The molecule has 0 saturated carbocycles. The molecule has 0 saturated heterocycles. The van der Waals surface area contributed by atoms with Crippen LogP contribution in [0.15, 0.2) is 55.6 Å². The van der Waals surface area contributed by atoms with E-state index in [-0.39, 0.29) is 12.2 Å². The SMILES string of the molecule is C=CC[Si](C)(CC=C)CCN(C(=O)C(F)(OCF)C(F)(F)F)c1ccccc1. The van der Waals surface area contributed by atoms with Gasteiger partial charge in [0.2, 0.25) is 0 Å². The van der Waals surface area contributed by atoms with Crippen LogP contribution in [0.25, 0.3) is 0 Å². The largest absolute Gasteiger partial charge is 0.458 e. The van der Waals surface area contributed by atoms with Gasteiger partial charge in [-0.2, -0.15) is 17.6 Å². The number of allylic oxidation sites excluding steroid dienone is 2. The zero-order chi connectivity index (χ0) is 21.4. The Balaban J connectivity index is 3.28. The lowest BCUT2D eigenvalue weighted by Crippen LogP contribution is -2.57. The fourth-order valence-corrected chi connectivity index (χ4v) is 5.57. The molecule has 1 aromatic carbocycles. The second-order valence-electron chi connectivity index (χ2n) is 6.69. The number of para-hydroxylation sites is 1. The van der Waals surface area contributed by atoms with Crippen LogP contribution in [0.5, 0.6) is 0 Å². The third-order valence-electron chi connectivity index (χ3n) is 4.42. The molecule has 1 aromatic rings. The highest BCUT2D eigenvalue weighted by Crippen LogP contribution is 2.38. The second-order valence-corrected chi connectivity index (χ2v) is 11.6. The number of anilines is 1. The normalized spacial score (nSPS) is 14.2. The van der Waals surface area contributed by atoms with Crippen molar-refractivity contribution in [1.82, 2.24) is 0 Å². The smallest absolute Gasteiger partial charge is 0.307 e. The van der Waals surface area contributed by atoms with Gasteiger partial charge < -0.3 is 4.90 Å². The number of alkyl halides is 5. The molecule has 28 heavy (non-hydrogen) atoms. The summed E-state index contributed by atoms with van der Waals surface area (Å²) < 4.78 is 70.2. The van der Waals surface area contributed by atoms with Crippen molar-refractivity contribution < 1.29 is 31.5 Å². The number of carbonyl (C=O) groups excluding carboxylic acids is 1. The standard InChI is InChI=1S/C19H24F5NO2Si/c1-4-12-28(3,13-5-2)14-11-25(16-9-7-6-8-10-16)17(26)18(21,27-15-20)19(22,23)24/h4-10H,1-2,11-15H2,3H3. The summed E-state index contributed by atoms with van der Waals surface area (Å²) in [5.74, 6) is -6.77. The van der Waals surface area contributed by atoms with Crippen molar-refractivity contribution in [3.8, 4) is 0 Å². The molecule has 9 heteroatoms. The second kappa shape index (κ2) is 9.97. The van der Waals surface area contributed by atoms with Crippen molar-refractivity contribution in [2.75, 3.05) is 18.3 Å². The fraction of sp³-hybridized carbons (Fsp3) is 0.421. The molecule has 1 rings (SSSR count). The van der Waals surface area contributed by atoms with Crippen LogP contribution in [0.1, 0.15) is 0 Å². The maximum atomic E-state index is 14.5. The maximum Gasteiger partial charge on any atom is 0.458 e. The van der Waals surface area contributed by atoms with E-state index in [0.29, 0.717) is 23.0 Å². The van der Waals surface area contributed by atoms with Gasteiger partial charge in [-0.25, -0.2) is 4.39 Å². The van der Waals surface area contributed by atoms with E-state index < -0.39 is 32.9 Å². The molecule has 3 nitrogen and oxygen atoms in total. The quantitative estimate of drug-likeness (QED) is 0.263. The predicted molar refractivity (Wildman–Crippen MR) is 102 cm³/mol. The van der Waals surface area contributed by atoms with Crippen molar-refractivity contribution in [1.29, 1.82) is 0 Å². The predicted octanol–water partition coefficient (Wildman–Crippen LogP) is 5.64. The minimum atomic E-state index is -5.73. The number of amides is 1. The highest BCUT2D eigenvalue weighted by atomic mass is 28.3. The molecule has 156 valence electrons. The van der Waals surface area contributed by atoms with E-state index in [9.17, 15) is 26.7 Å². The number of hydrogen-bond acceptors (Lipinski definition) is 2. The van der Waals surface area contributed by atoms with Gasteiger partial charge in [0.15, 0.2) is 6.86 Å². The zero-order valence-corrected chi connectivity index (χ0v) is 16.6. The first-order chi connectivity index (χ1) is 13.0. The van der Waals surface area contributed by atoms with Gasteiger partial charge in [-0.1, -0.05) is 36.9 Å². The third kappa shape index (κ3) is 5.75. The summed E-state index contributed by atoms with van der Waals surface area (Å²) in [6.07, 6.45) is -2.30. The highest BCUT2D eigenvalue weighted by molar-refractivity contribution is 6.79. The summed E-state index contributed by atoms with van der Waals surface area (Å²) in [5.41, 5.74) is 0.0646. The van der Waals surface area contributed by atoms with Gasteiger partial charge in [0.25, 0.3) is 0 Å². The maximum absolute atomic E-state index is 14.5. The van der Waals surface area contributed by atoms with Crippen molar-refractivity contribution in [2.45, 2.75) is 36.7 Å². The Bertz CT molecular complexity index is 658. The van der Waals surface area contributed by atoms with Gasteiger partial charge in [0.05, 0.1) is 8.07 Å². The minimum Gasteiger partial charge on any atom is -0.307 e. The van der Waals surface area contributed by atoms with Crippen LogP contribution >= 0.6 is 0 Å². The summed E-state index contributed by atoms with van der Waals surface area (Å²) in [5, 5.41) is 0. The van der Waals surface area contributed by atoms with E-state index in [1.54, 1.807) is 18.2 Å². The first-order valence-corrected chi connectivity index (χ1v) is 11.7. The number of rotatable bonds is 11. The number of carbonyl (C=O) groups is 1. The number of nitrogens with zero attached hydrogens (tertiary/aromatic N) is 1. The molecular weight excluding hydrogens is 397 g/mol. The molecule has 1 amide bonds. The lowest BCUT2D eigenvalue weighted by Gasteiger charge is -2.34. The Kier molecular flexibility index (Phi) is 8.56.